The number of carbonyl (C=O) groups is 1. The van der Waals surface area contributed by atoms with E-state index in [-0.39, 0.29) is 11.9 Å². The first-order valence-corrected chi connectivity index (χ1v) is 7.34. The molecule has 1 unspecified atom stereocenters. The lowest BCUT2D eigenvalue weighted by molar-refractivity contribution is 0.0887. The lowest BCUT2D eigenvalue weighted by atomic mass is 10.1. The summed E-state index contributed by atoms with van der Waals surface area (Å²) in [4.78, 5) is 12.4. The van der Waals surface area contributed by atoms with E-state index in [4.69, 9.17) is 26.8 Å². The molecule has 1 aromatic carbocycles. The summed E-state index contributed by atoms with van der Waals surface area (Å²) in [6, 6.07) is 3.03. The molecule has 0 bridgehead atoms. The highest BCUT2D eigenvalue weighted by Crippen LogP contribution is 2.28. The van der Waals surface area contributed by atoms with Gasteiger partial charge in [-0.1, -0.05) is 31.4 Å². The minimum Gasteiger partial charge on any atom is -0.496 e. The second kappa shape index (κ2) is 8.74. The number of ether oxygens (including phenoxy) is 2. The van der Waals surface area contributed by atoms with Gasteiger partial charge in [-0.3, -0.25) is 4.79 Å². The molecular formula is C15H23ClN2O3. The highest BCUT2D eigenvalue weighted by Gasteiger charge is 2.18. The van der Waals surface area contributed by atoms with Crippen LogP contribution in [0.2, 0.25) is 5.02 Å². The largest absolute Gasteiger partial charge is 0.496 e. The Morgan fingerprint density at radius 2 is 2.14 bits per heavy atom. The zero-order valence-corrected chi connectivity index (χ0v) is 13.5. The van der Waals surface area contributed by atoms with Gasteiger partial charge in [0.05, 0.1) is 36.0 Å². The molecule has 0 aliphatic heterocycles. The lowest BCUT2D eigenvalue weighted by Gasteiger charge is -2.19. The number of anilines is 1. The maximum atomic E-state index is 12.4. The molecule has 6 heteroatoms. The molecule has 1 rings (SSSR count). The highest BCUT2D eigenvalue weighted by molar-refractivity contribution is 6.33. The number of hydrogen-bond donors (Lipinski definition) is 2. The van der Waals surface area contributed by atoms with E-state index in [1.807, 2.05) is 0 Å². The van der Waals surface area contributed by atoms with Gasteiger partial charge < -0.3 is 20.5 Å². The molecule has 1 aromatic rings. The summed E-state index contributed by atoms with van der Waals surface area (Å²) in [6.45, 7) is 2.57. The Morgan fingerprint density at radius 1 is 1.43 bits per heavy atom. The number of nitrogens with two attached hydrogens (primary N) is 1. The summed E-state index contributed by atoms with van der Waals surface area (Å²) in [7, 11) is 3.11. The van der Waals surface area contributed by atoms with E-state index < -0.39 is 0 Å². The summed E-state index contributed by atoms with van der Waals surface area (Å²) in [5, 5.41) is 3.28. The van der Waals surface area contributed by atoms with Crippen molar-refractivity contribution in [3.05, 3.63) is 22.7 Å². The lowest BCUT2D eigenvalue weighted by Crippen LogP contribution is -2.38. The fourth-order valence-electron chi connectivity index (χ4n) is 2.03. The minimum atomic E-state index is -0.244. The molecule has 0 aromatic heterocycles. The fourth-order valence-corrected chi connectivity index (χ4v) is 2.19. The second-order valence-electron chi connectivity index (χ2n) is 4.84. The van der Waals surface area contributed by atoms with E-state index in [0.717, 1.165) is 19.3 Å². The van der Waals surface area contributed by atoms with Gasteiger partial charge in [0.2, 0.25) is 0 Å². The predicted octanol–water partition coefficient (Wildman–Crippen LogP) is 2.87. The van der Waals surface area contributed by atoms with E-state index in [1.54, 1.807) is 13.2 Å². The van der Waals surface area contributed by atoms with Crippen LogP contribution < -0.4 is 15.8 Å². The normalized spacial score (nSPS) is 12.0. The number of halogens is 1. The first kappa shape index (κ1) is 17.6. The van der Waals surface area contributed by atoms with Gasteiger partial charge in [0.15, 0.2) is 0 Å². The molecule has 0 aliphatic rings. The molecule has 21 heavy (non-hydrogen) atoms. The first-order chi connectivity index (χ1) is 10.0. The van der Waals surface area contributed by atoms with Crippen LogP contribution in [0.25, 0.3) is 0 Å². The van der Waals surface area contributed by atoms with Gasteiger partial charge >= 0.3 is 0 Å². The molecule has 0 radical (unpaired) electrons. The number of rotatable bonds is 8. The third kappa shape index (κ3) is 5.10. The predicted molar refractivity (Wildman–Crippen MR) is 85.1 cm³/mol. The zero-order chi connectivity index (χ0) is 15.8. The van der Waals surface area contributed by atoms with Crippen molar-refractivity contribution >= 4 is 23.2 Å². The summed E-state index contributed by atoms with van der Waals surface area (Å²) in [6.07, 6.45) is 2.95. The van der Waals surface area contributed by atoms with Crippen LogP contribution >= 0.6 is 11.6 Å². The standard InChI is InChI=1S/C15H23ClN2O3/c1-4-5-6-10(9-20-2)18-15(19)11-7-12(16)13(17)8-14(11)21-3/h7-8,10H,4-6,9,17H2,1-3H3,(H,18,19). The van der Waals surface area contributed by atoms with Crippen molar-refractivity contribution in [1.82, 2.24) is 5.32 Å². The number of benzene rings is 1. The average molecular weight is 315 g/mol. The van der Waals surface area contributed by atoms with Gasteiger partial charge in [-0.05, 0) is 12.5 Å². The molecular weight excluding hydrogens is 292 g/mol. The number of methoxy groups -OCH3 is 2. The van der Waals surface area contributed by atoms with E-state index in [1.165, 1.54) is 13.2 Å². The Morgan fingerprint density at radius 3 is 2.71 bits per heavy atom. The van der Waals surface area contributed by atoms with Crippen LogP contribution in [-0.2, 0) is 4.74 Å². The topological polar surface area (TPSA) is 73.6 Å². The van der Waals surface area contributed by atoms with Crippen molar-refractivity contribution in [2.45, 2.75) is 32.2 Å². The van der Waals surface area contributed by atoms with Gasteiger partial charge in [-0.2, -0.15) is 0 Å². The Bertz CT molecular complexity index is 480. The van der Waals surface area contributed by atoms with Gasteiger partial charge in [-0.15, -0.1) is 0 Å². The van der Waals surface area contributed by atoms with Gasteiger partial charge in [0.1, 0.15) is 5.75 Å². The molecule has 0 aliphatic carbocycles. The molecule has 0 fully saturated rings. The molecule has 0 spiro atoms. The van der Waals surface area contributed by atoms with Gasteiger partial charge in [-0.25, -0.2) is 0 Å². The number of hydrogen-bond acceptors (Lipinski definition) is 4. The van der Waals surface area contributed by atoms with Crippen molar-refractivity contribution in [2.24, 2.45) is 0 Å². The molecule has 0 saturated carbocycles. The second-order valence-corrected chi connectivity index (χ2v) is 5.25. The van der Waals surface area contributed by atoms with E-state index in [0.29, 0.717) is 28.6 Å². The number of carbonyl (C=O) groups excluding carboxylic acids is 1. The molecule has 1 amide bonds. The van der Waals surface area contributed by atoms with E-state index in [9.17, 15) is 4.79 Å². The third-order valence-corrected chi connectivity index (χ3v) is 3.50. The molecule has 0 saturated heterocycles. The van der Waals surface area contributed by atoms with Crippen LogP contribution in [0.5, 0.6) is 5.75 Å². The van der Waals surface area contributed by atoms with Crippen LogP contribution in [0.15, 0.2) is 12.1 Å². The maximum Gasteiger partial charge on any atom is 0.255 e. The molecule has 3 N–H and O–H groups in total. The van der Waals surface area contributed by atoms with E-state index in [2.05, 4.69) is 12.2 Å². The van der Waals surface area contributed by atoms with Crippen molar-refractivity contribution in [2.75, 3.05) is 26.6 Å². The van der Waals surface area contributed by atoms with Crippen molar-refractivity contribution < 1.29 is 14.3 Å². The van der Waals surface area contributed by atoms with E-state index >= 15 is 0 Å². The van der Waals surface area contributed by atoms with Crippen LogP contribution in [0.3, 0.4) is 0 Å². The van der Waals surface area contributed by atoms with Crippen molar-refractivity contribution in [3.63, 3.8) is 0 Å². The fraction of sp³-hybridized carbons (Fsp3) is 0.533. The summed E-state index contributed by atoms with van der Waals surface area (Å²) in [5.41, 5.74) is 6.47. The van der Waals surface area contributed by atoms with Gasteiger partial charge in [0.25, 0.3) is 5.91 Å². The average Bonchev–Trinajstić information content (AvgIpc) is 2.47. The summed E-state index contributed by atoms with van der Waals surface area (Å²) in [5.74, 6) is 0.160. The van der Waals surface area contributed by atoms with Crippen LogP contribution in [0, 0.1) is 0 Å². The molecule has 1 atom stereocenters. The van der Waals surface area contributed by atoms with Crippen LogP contribution in [0.1, 0.15) is 36.5 Å². The summed E-state index contributed by atoms with van der Waals surface area (Å²) < 4.78 is 10.3. The zero-order valence-electron chi connectivity index (χ0n) is 12.7. The highest BCUT2D eigenvalue weighted by atomic mass is 35.5. The maximum absolute atomic E-state index is 12.4. The smallest absolute Gasteiger partial charge is 0.255 e. The first-order valence-electron chi connectivity index (χ1n) is 6.96. The molecule has 5 nitrogen and oxygen atoms in total. The number of amides is 1. The quantitative estimate of drug-likeness (QED) is 0.724. The van der Waals surface area contributed by atoms with Crippen molar-refractivity contribution in [1.29, 1.82) is 0 Å². The molecule has 0 heterocycles. The Kier molecular flexibility index (Phi) is 7.32. The van der Waals surface area contributed by atoms with Crippen LogP contribution in [0.4, 0.5) is 5.69 Å². The van der Waals surface area contributed by atoms with Crippen molar-refractivity contribution in [3.8, 4) is 5.75 Å². The monoisotopic (exact) mass is 314 g/mol. The Balaban J connectivity index is 2.88. The third-order valence-electron chi connectivity index (χ3n) is 3.17. The van der Waals surface area contributed by atoms with Crippen LogP contribution in [-0.4, -0.2) is 32.8 Å². The number of nitrogens with one attached hydrogen (secondary N) is 1. The molecule has 118 valence electrons. The SMILES string of the molecule is CCCCC(COC)NC(=O)c1cc(Cl)c(N)cc1OC. The minimum absolute atomic E-state index is 0.0384. The summed E-state index contributed by atoms with van der Waals surface area (Å²) >= 11 is 5.98. The Hall–Kier alpha value is -1.46. The number of nitrogen functional groups attached to an aromatic ring is 1. The van der Waals surface area contributed by atoms with Gasteiger partial charge in [0, 0.05) is 13.2 Å². The number of unbranched alkanes of at least 4 members (excludes halogenated alkanes) is 1. The Labute approximate surface area is 130 Å².